The van der Waals surface area contributed by atoms with Crippen molar-refractivity contribution in [2.24, 2.45) is 0 Å². The Bertz CT molecular complexity index is 1730. The van der Waals surface area contributed by atoms with E-state index in [9.17, 15) is 18.0 Å². The second kappa shape index (κ2) is 12.4. The van der Waals surface area contributed by atoms with E-state index in [1.54, 1.807) is 10.6 Å². The minimum Gasteiger partial charge on any atom is -0.475 e. The van der Waals surface area contributed by atoms with Crippen LogP contribution in [0.15, 0.2) is 26.6 Å². The van der Waals surface area contributed by atoms with Crippen LogP contribution in [0.3, 0.4) is 0 Å². The van der Waals surface area contributed by atoms with Gasteiger partial charge in [0.1, 0.15) is 18.0 Å². The Morgan fingerprint density at radius 1 is 1.20 bits per heavy atom. The number of alkyl halides is 3. The third-order valence-corrected chi connectivity index (χ3v) is 6.13. The van der Waals surface area contributed by atoms with E-state index in [-0.39, 0.29) is 11.4 Å². The van der Waals surface area contributed by atoms with Crippen LogP contribution >= 0.6 is 15.9 Å². The third kappa shape index (κ3) is 6.67. The van der Waals surface area contributed by atoms with Crippen molar-refractivity contribution >= 4 is 44.7 Å². The molecule has 0 bridgehead atoms. The van der Waals surface area contributed by atoms with Crippen LogP contribution in [0.2, 0.25) is 0 Å². The van der Waals surface area contributed by atoms with Gasteiger partial charge in [0.15, 0.2) is 15.9 Å². The molecule has 218 valence electrons. The van der Waals surface area contributed by atoms with Gasteiger partial charge in [-0.3, -0.25) is 9.36 Å². The van der Waals surface area contributed by atoms with Crippen molar-refractivity contribution in [1.29, 1.82) is 0 Å². The number of aliphatic carboxylic acids is 1. The summed E-state index contributed by atoms with van der Waals surface area (Å²) in [7, 11) is 0. The van der Waals surface area contributed by atoms with E-state index in [1.807, 2.05) is 4.57 Å². The molecule has 5 rings (SSSR count). The summed E-state index contributed by atoms with van der Waals surface area (Å²) in [5, 5.41) is 19.7. The Morgan fingerprint density at radius 2 is 1.95 bits per heavy atom. The van der Waals surface area contributed by atoms with Crippen LogP contribution in [-0.2, 0) is 24.2 Å². The van der Waals surface area contributed by atoms with Gasteiger partial charge in [0.25, 0.3) is 5.56 Å². The fourth-order valence-corrected chi connectivity index (χ4v) is 4.21. The molecule has 5 aromatic rings. The highest BCUT2D eigenvalue weighted by atomic mass is 79.9. The molecule has 0 unspecified atom stereocenters. The van der Waals surface area contributed by atoms with Crippen molar-refractivity contribution < 1.29 is 27.6 Å². The molecule has 0 atom stereocenters. The molecular formula is C22H23BrF3N11O4. The number of aromatic amines is 1. The van der Waals surface area contributed by atoms with Gasteiger partial charge < -0.3 is 20.3 Å². The summed E-state index contributed by atoms with van der Waals surface area (Å²) in [6, 6.07) is 0. The molecule has 0 aliphatic heterocycles. The lowest BCUT2D eigenvalue weighted by molar-refractivity contribution is -0.192. The molecule has 0 spiro atoms. The lowest BCUT2D eigenvalue weighted by Crippen LogP contribution is -2.21. The lowest BCUT2D eigenvalue weighted by atomic mass is 10.2. The molecule has 0 fully saturated rings. The van der Waals surface area contributed by atoms with Gasteiger partial charge in [-0.25, -0.2) is 24.1 Å². The van der Waals surface area contributed by atoms with E-state index in [0.29, 0.717) is 70.6 Å². The zero-order valence-corrected chi connectivity index (χ0v) is 23.0. The SMILES string of the molecule is CCCCCn1c2nc(Br)[nH]c2c(=O)n2c(CCCc3nc(-c4cncnc4N)no3)nnc12.O=C(O)C(F)(F)F. The number of hydrogen-bond acceptors (Lipinski definition) is 11. The van der Waals surface area contributed by atoms with E-state index < -0.39 is 12.1 Å². The van der Waals surface area contributed by atoms with E-state index in [4.69, 9.17) is 20.2 Å². The highest BCUT2D eigenvalue weighted by Gasteiger charge is 2.38. The number of nitrogen functional groups attached to an aromatic ring is 1. The maximum atomic E-state index is 13.2. The number of anilines is 1. The summed E-state index contributed by atoms with van der Waals surface area (Å²) in [5.74, 6) is -0.636. The minimum absolute atomic E-state index is 0.227. The van der Waals surface area contributed by atoms with Gasteiger partial charge in [-0.15, -0.1) is 10.2 Å². The molecule has 0 amide bonds. The number of nitrogens with zero attached hydrogens (tertiary/aromatic N) is 9. The second-order valence-electron chi connectivity index (χ2n) is 8.63. The lowest BCUT2D eigenvalue weighted by Gasteiger charge is -2.09. The van der Waals surface area contributed by atoms with Crippen LogP contribution in [0.25, 0.3) is 28.3 Å². The van der Waals surface area contributed by atoms with Crippen LogP contribution in [0.5, 0.6) is 0 Å². The number of carboxylic acid groups (broad SMARTS) is 1. The Balaban J connectivity index is 0.000000493. The molecule has 0 saturated carbocycles. The highest BCUT2D eigenvalue weighted by Crippen LogP contribution is 2.21. The summed E-state index contributed by atoms with van der Waals surface area (Å²) in [6.07, 6.45) is 2.55. The van der Waals surface area contributed by atoms with Gasteiger partial charge in [-0.1, -0.05) is 24.9 Å². The summed E-state index contributed by atoms with van der Waals surface area (Å²) in [6.45, 7) is 2.84. The van der Waals surface area contributed by atoms with Gasteiger partial charge in [-0.05, 0) is 28.8 Å². The molecule has 0 saturated heterocycles. The standard InChI is InChI=1S/C20H22BrN11O2.C2HF3O2/c1-2-3-4-8-31-17-14(26-19(21)27-17)18(33)32-12(28-29-20(31)32)6-5-7-13-25-16(30-34-13)11-9-23-10-24-15(11)22;3-2(4,5)1(6)7/h9-10H,2-8H2,1H3,(H,26,27)(H2,22,23,24);(H,6,7). The Labute approximate surface area is 236 Å². The Morgan fingerprint density at radius 3 is 2.63 bits per heavy atom. The molecule has 0 aliphatic rings. The number of carboxylic acids is 1. The van der Waals surface area contributed by atoms with E-state index in [2.05, 4.69) is 63.1 Å². The van der Waals surface area contributed by atoms with Gasteiger partial charge >= 0.3 is 12.1 Å². The van der Waals surface area contributed by atoms with Crippen LogP contribution in [0, 0.1) is 0 Å². The number of fused-ring (bicyclic) bond motifs is 2. The Hall–Kier alpha value is -4.42. The van der Waals surface area contributed by atoms with Crippen LogP contribution < -0.4 is 11.3 Å². The smallest absolute Gasteiger partial charge is 0.475 e. The number of H-pyrrole nitrogens is 1. The zero-order chi connectivity index (χ0) is 29.7. The number of nitrogens with two attached hydrogens (primary N) is 1. The average Bonchev–Trinajstić information content (AvgIpc) is 3.65. The van der Waals surface area contributed by atoms with Crippen molar-refractivity contribution in [3.05, 3.63) is 39.3 Å². The number of nitrogens with one attached hydrogen (secondary N) is 1. The largest absolute Gasteiger partial charge is 0.490 e. The highest BCUT2D eigenvalue weighted by molar-refractivity contribution is 9.10. The van der Waals surface area contributed by atoms with E-state index >= 15 is 0 Å². The predicted octanol–water partition coefficient (Wildman–Crippen LogP) is 2.95. The summed E-state index contributed by atoms with van der Waals surface area (Å²) < 4.78 is 41.1. The minimum atomic E-state index is -5.08. The summed E-state index contributed by atoms with van der Waals surface area (Å²) in [4.78, 5) is 41.8. The molecule has 19 heteroatoms. The van der Waals surface area contributed by atoms with Gasteiger partial charge in [0.2, 0.25) is 17.5 Å². The second-order valence-corrected chi connectivity index (χ2v) is 9.38. The van der Waals surface area contributed by atoms with E-state index in [1.165, 1.54) is 6.33 Å². The normalized spacial score (nSPS) is 11.6. The fourth-order valence-electron chi connectivity index (χ4n) is 3.84. The van der Waals surface area contributed by atoms with Gasteiger partial charge in [0, 0.05) is 25.6 Å². The summed E-state index contributed by atoms with van der Waals surface area (Å²) in [5.41, 5.74) is 7.13. The van der Waals surface area contributed by atoms with Crippen molar-refractivity contribution in [3.8, 4) is 11.4 Å². The monoisotopic (exact) mass is 641 g/mol. The van der Waals surface area contributed by atoms with Crippen LogP contribution in [0.4, 0.5) is 19.0 Å². The number of unbranched alkanes of at least 4 members (excludes halogenated alkanes) is 2. The van der Waals surface area contributed by atoms with Crippen molar-refractivity contribution in [2.45, 2.75) is 58.2 Å². The Kier molecular flexibility index (Phi) is 8.94. The van der Waals surface area contributed by atoms with Crippen molar-refractivity contribution in [2.75, 3.05) is 5.73 Å². The maximum Gasteiger partial charge on any atom is 0.490 e. The number of hydrogen-bond donors (Lipinski definition) is 3. The number of halogens is 4. The molecule has 5 aromatic heterocycles. The van der Waals surface area contributed by atoms with Gasteiger partial charge in [0.05, 0.1) is 5.56 Å². The first kappa shape index (κ1) is 29.6. The molecule has 0 aromatic carbocycles. The molecule has 15 nitrogen and oxygen atoms in total. The first-order valence-corrected chi connectivity index (χ1v) is 13.0. The van der Waals surface area contributed by atoms with Crippen LogP contribution in [0.1, 0.15) is 44.3 Å². The molecule has 0 radical (unpaired) electrons. The maximum absolute atomic E-state index is 13.2. The molecule has 41 heavy (non-hydrogen) atoms. The number of aromatic nitrogens is 10. The molecule has 0 aliphatic carbocycles. The quantitative estimate of drug-likeness (QED) is 0.157. The number of carbonyl (C=O) groups is 1. The van der Waals surface area contributed by atoms with Crippen LogP contribution in [-0.4, -0.2) is 66.5 Å². The number of imidazole rings is 1. The molecular weight excluding hydrogens is 619 g/mol. The topological polar surface area (TPSA) is 209 Å². The van der Waals surface area contributed by atoms with E-state index in [0.717, 1.165) is 19.3 Å². The zero-order valence-electron chi connectivity index (χ0n) is 21.4. The first-order chi connectivity index (χ1) is 19.5. The predicted molar refractivity (Wildman–Crippen MR) is 140 cm³/mol. The fraction of sp³-hybridized carbons (Fsp3) is 0.409. The molecule has 5 heterocycles. The van der Waals surface area contributed by atoms with Crippen molar-refractivity contribution in [1.82, 2.24) is 49.2 Å². The van der Waals surface area contributed by atoms with Crippen molar-refractivity contribution in [3.63, 3.8) is 0 Å². The number of aryl methyl sites for hydroxylation is 3. The first-order valence-electron chi connectivity index (χ1n) is 12.2. The summed E-state index contributed by atoms with van der Waals surface area (Å²) >= 11 is 3.34. The van der Waals surface area contributed by atoms with Gasteiger partial charge in [-0.2, -0.15) is 18.2 Å². The average molecular weight is 642 g/mol. The third-order valence-electron chi connectivity index (χ3n) is 5.75. The molecule has 4 N–H and O–H groups in total. The number of rotatable bonds is 9.